The number of nitrogens with two attached hydrogens (primary N) is 1. The van der Waals surface area contributed by atoms with Crippen LogP contribution in [0.15, 0.2) is 64.7 Å². The van der Waals surface area contributed by atoms with Gasteiger partial charge in [0.2, 0.25) is 5.91 Å². The molecule has 0 unspecified atom stereocenters. The van der Waals surface area contributed by atoms with Gasteiger partial charge in [0.15, 0.2) is 5.84 Å². The van der Waals surface area contributed by atoms with Gasteiger partial charge in [0.05, 0.1) is 24.9 Å². The first-order valence-corrected chi connectivity index (χ1v) is 11.0. The van der Waals surface area contributed by atoms with E-state index in [0.717, 1.165) is 28.3 Å². The second-order valence-corrected chi connectivity index (χ2v) is 8.09. The van der Waals surface area contributed by atoms with E-state index in [1.165, 1.54) is 6.34 Å². The molecule has 3 N–H and O–H groups in total. The molecule has 170 valence electrons. The Morgan fingerprint density at radius 2 is 2.06 bits per heavy atom. The number of benzene rings is 2. The summed E-state index contributed by atoms with van der Waals surface area (Å²) in [6.45, 7) is 5.62. The van der Waals surface area contributed by atoms with Crippen LogP contribution < -0.4 is 15.8 Å². The molecule has 8 nitrogen and oxygen atoms in total. The summed E-state index contributed by atoms with van der Waals surface area (Å²) in [5, 5.41) is 2.98. The average molecular weight is 445 g/mol. The second kappa shape index (κ2) is 10.1. The third-order valence-electron chi connectivity index (χ3n) is 5.15. The fourth-order valence-electron chi connectivity index (χ4n) is 3.68. The lowest BCUT2D eigenvalue weighted by molar-refractivity contribution is -0.120. The largest absolute Gasteiger partial charge is 0.491 e. The van der Waals surface area contributed by atoms with Crippen LogP contribution in [0.5, 0.6) is 5.75 Å². The highest BCUT2D eigenvalue weighted by atomic mass is 16.5. The zero-order valence-corrected chi connectivity index (χ0v) is 18.9. The molecule has 0 bridgehead atoms. The lowest BCUT2D eigenvalue weighted by atomic mass is 10.1. The summed E-state index contributed by atoms with van der Waals surface area (Å²) in [7, 11) is 0. The predicted molar refractivity (Wildman–Crippen MR) is 130 cm³/mol. The number of carbonyl (C=O) groups excluding carboxylic acids is 1. The molecule has 4 rings (SSSR count). The fourth-order valence-corrected chi connectivity index (χ4v) is 3.68. The molecule has 1 aliphatic rings. The van der Waals surface area contributed by atoms with Gasteiger partial charge < -0.3 is 20.4 Å². The number of carbonyl (C=O) groups is 1. The molecular weight excluding hydrogens is 416 g/mol. The van der Waals surface area contributed by atoms with Crippen molar-refractivity contribution >= 4 is 18.1 Å². The highest BCUT2D eigenvalue weighted by molar-refractivity contribution is 6.01. The maximum Gasteiger partial charge on any atom is 0.224 e. The Morgan fingerprint density at radius 3 is 2.82 bits per heavy atom. The van der Waals surface area contributed by atoms with E-state index in [1.807, 2.05) is 73.1 Å². The quantitative estimate of drug-likeness (QED) is 0.450. The number of amides is 1. The maximum atomic E-state index is 12.5. The van der Waals surface area contributed by atoms with Gasteiger partial charge >= 0.3 is 0 Å². The molecule has 33 heavy (non-hydrogen) atoms. The van der Waals surface area contributed by atoms with Crippen molar-refractivity contribution in [2.24, 2.45) is 15.7 Å². The molecule has 8 heteroatoms. The molecule has 0 saturated carbocycles. The molecule has 1 aromatic heterocycles. The number of fused-ring (bicyclic) bond motifs is 3. The first kappa shape index (κ1) is 22.3. The zero-order valence-electron chi connectivity index (χ0n) is 18.9. The molecule has 1 amide bonds. The second-order valence-electron chi connectivity index (χ2n) is 8.09. The van der Waals surface area contributed by atoms with Gasteiger partial charge in [-0.3, -0.25) is 9.79 Å². The van der Waals surface area contributed by atoms with Crippen LogP contribution in [-0.4, -0.2) is 40.3 Å². The number of imidazole rings is 1. The van der Waals surface area contributed by atoms with Gasteiger partial charge in [0.1, 0.15) is 23.9 Å². The summed E-state index contributed by atoms with van der Waals surface area (Å²) >= 11 is 0. The summed E-state index contributed by atoms with van der Waals surface area (Å²) in [5.74, 6) is 1.95. The molecule has 2 aromatic carbocycles. The van der Waals surface area contributed by atoms with Crippen LogP contribution in [0.2, 0.25) is 0 Å². The van der Waals surface area contributed by atoms with E-state index in [2.05, 4.69) is 15.3 Å². The summed E-state index contributed by atoms with van der Waals surface area (Å²) in [5.41, 5.74) is 8.97. The molecular formula is C25H28N6O2. The van der Waals surface area contributed by atoms with Crippen molar-refractivity contribution in [3.63, 3.8) is 0 Å². The Bertz CT molecular complexity index is 1180. The molecule has 0 fully saturated rings. The Kier molecular flexibility index (Phi) is 6.83. The van der Waals surface area contributed by atoms with Crippen molar-refractivity contribution in [3.05, 3.63) is 71.5 Å². The van der Waals surface area contributed by atoms with Gasteiger partial charge in [0.25, 0.3) is 0 Å². The minimum atomic E-state index is -0.0407. The van der Waals surface area contributed by atoms with E-state index in [1.54, 1.807) is 0 Å². The van der Waals surface area contributed by atoms with Gasteiger partial charge in [-0.15, -0.1) is 0 Å². The van der Waals surface area contributed by atoms with Crippen molar-refractivity contribution < 1.29 is 9.53 Å². The number of hydrogen-bond donors (Lipinski definition) is 2. The van der Waals surface area contributed by atoms with Crippen molar-refractivity contribution in [2.45, 2.75) is 39.4 Å². The Labute approximate surface area is 193 Å². The molecule has 3 aromatic rings. The number of rotatable bonds is 6. The van der Waals surface area contributed by atoms with Crippen molar-refractivity contribution in [1.82, 2.24) is 14.9 Å². The number of aliphatic imine (C=N–C) groups is 2. The number of amidine groups is 1. The van der Waals surface area contributed by atoms with E-state index >= 15 is 0 Å². The third kappa shape index (κ3) is 5.46. The minimum Gasteiger partial charge on any atom is -0.491 e. The van der Waals surface area contributed by atoms with Gasteiger partial charge in [0, 0.05) is 18.8 Å². The predicted octanol–water partition coefficient (Wildman–Crippen LogP) is 2.94. The third-order valence-corrected chi connectivity index (χ3v) is 5.15. The molecule has 0 saturated heterocycles. The van der Waals surface area contributed by atoms with Gasteiger partial charge in [-0.2, -0.15) is 0 Å². The number of ether oxygens (including phenoxy) is 1. The zero-order chi connectivity index (χ0) is 23.2. The number of nitrogens with one attached hydrogen (secondary N) is 1. The van der Waals surface area contributed by atoms with Crippen molar-refractivity contribution in [3.8, 4) is 17.1 Å². The maximum absolute atomic E-state index is 12.5. The van der Waals surface area contributed by atoms with E-state index in [-0.39, 0.29) is 18.4 Å². The molecule has 0 radical (unpaired) electrons. The minimum absolute atomic E-state index is 0.0407. The molecule has 0 aliphatic carbocycles. The van der Waals surface area contributed by atoms with Crippen LogP contribution in [-0.2, 0) is 24.3 Å². The van der Waals surface area contributed by atoms with Gasteiger partial charge in [-0.25, -0.2) is 9.98 Å². The molecule has 0 spiro atoms. The molecule has 2 heterocycles. The molecule has 1 aliphatic heterocycles. The average Bonchev–Trinajstić information content (AvgIpc) is 3.15. The Hall–Kier alpha value is -3.94. The Morgan fingerprint density at radius 1 is 1.24 bits per heavy atom. The number of aromatic nitrogens is 2. The Balaban J connectivity index is 1.58. The SMILES string of the molecule is CC(C)N=C(N=CN)c1cn2c(n1)-c1cc(CC(=O)NCc3ccccc3)ccc1OCC2. The van der Waals surface area contributed by atoms with Crippen LogP contribution in [0.3, 0.4) is 0 Å². The number of nitrogens with zero attached hydrogens (tertiary/aromatic N) is 4. The molecule has 0 atom stereocenters. The summed E-state index contributed by atoms with van der Waals surface area (Å²) in [6, 6.07) is 15.7. The monoisotopic (exact) mass is 444 g/mol. The van der Waals surface area contributed by atoms with Crippen LogP contribution in [0.4, 0.5) is 0 Å². The topological polar surface area (TPSA) is 107 Å². The van der Waals surface area contributed by atoms with E-state index in [9.17, 15) is 4.79 Å². The van der Waals surface area contributed by atoms with E-state index < -0.39 is 0 Å². The highest BCUT2D eigenvalue weighted by Crippen LogP contribution is 2.33. The van der Waals surface area contributed by atoms with E-state index in [4.69, 9.17) is 15.5 Å². The van der Waals surface area contributed by atoms with Crippen LogP contribution >= 0.6 is 0 Å². The normalized spacial score (nSPS) is 13.4. The van der Waals surface area contributed by atoms with Crippen LogP contribution in [0.25, 0.3) is 11.4 Å². The van der Waals surface area contributed by atoms with Gasteiger partial charge in [-0.05, 0) is 37.1 Å². The standard InChI is InChI=1S/C25H28N6O2/c1-17(2)29-24(28-16-26)21-15-31-10-11-33-22-9-8-19(12-20(22)25(31)30-21)13-23(32)27-14-18-6-4-3-5-7-18/h3-9,12,15-17H,10-11,13-14H2,1-2H3,(H,27,32)(H2,26,28,29). The van der Waals surface area contributed by atoms with Crippen molar-refractivity contribution in [1.29, 1.82) is 0 Å². The van der Waals surface area contributed by atoms with Crippen LogP contribution in [0, 0.1) is 0 Å². The van der Waals surface area contributed by atoms with Crippen LogP contribution in [0.1, 0.15) is 30.7 Å². The fraction of sp³-hybridized carbons (Fsp3) is 0.280. The highest BCUT2D eigenvalue weighted by Gasteiger charge is 2.21. The summed E-state index contributed by atoms with van der Waals surface area (Å²) in [4.78, 5) is 26.1. The first-order valence-electron chi connectivity index (χ1n) is 11.0. The first-order chi connectivity index (χ1) is 16.0. The summed E-state index contributed by atoms with van der Waals surface area (Å²) in [6.07, 6.45) is 3.42. The van der Waals surface area contributed by atoms with Gasteiger partial charge in [-0.1, -0.05) is 36.4 Å². The smallest absolute Gasteiger partial charge is 0.224 e. The number of hydrogen-bond acceptors (Lipinski definition) is 4. The van der Waals surface area contributed by atoms with Crippen molar-refractivity contribution in [2.75, 3.05) is 6.61 Å². The lowest BCUT2D eigenvalue weighted by Crippen LogP contribution is -2.24. The lowest BCUT2D eigenvalue weighted by Gasteiger charge is -2.10. The van der Waals surface area contributed by atoms with E-state index in [0.29, 0.717) is 31.2 Å². The summed E-state index contributed by atoms with van der Waals surface area (Å²) < 4.78 is 7.96.